The molecule has 1 aromatic carbocycles. The molecule has 2 heterocycles. The zero-order valence-electron chi connectivity index (χ0n) is 16.3. The Morgan fingerprint density at radius 3 is 2.76 bits per heavy atom. The molecule has 0 atom stereocenters. The van der Waals surface area contributed by atoms with E-state index in [2.05, 4.69) is 15.2 Å². The normalized spacial score (nSPS) is 10.9. The third-order valence-electron chi connectivity index (χ3n) is 4.23. The molecule has 0 saturated carbocycles. The van der Waals surface area contributed by atoms with Crippen molar-refractivity contribution in [3.63, 3.8) is 0 Å². The molecule has 0 N–H and O–H groups in total. The molecule has 29 heavy (non-hydrogen) atoms. The Morgan fingerprint density at radius 1 is 1.24 bits per heavy atom. The Morgan fingerprint density at radius 2 is 2.03 bits per heavy atom. The molecule has 0 bridgehead atoms. The Bertz CT molecular complexity index is 951. The molecule has 0 fully saturated rings. The number of rotatable bonds is 9. The van der Waals surface area contributed by atoms with Gasteiger partial charge in [0.2, 0.25) is 5.91 Å². The number of thioether (sulfide) groups is 1. The van der Waals surface area contributed by atoms with Crippen molar-refractivity contribution in [1.29, 1.82) is 0 Å². The van der Waals surface area contributed by atoms with E-state index in [0.717, 1.165) is 17.0 Å². The molecule has 3 aromatic rings. The molecule has 0 aliphatic rings. The summed E-state index contributed by atoms with van der Waals surface area (Å²) in [5.74, 6) is 0.992. The number of carbonyl (C=O) groups is 1. The minimum atomic E-state index is 0.00160. The molecule has 7 nitrogen and oxygen atoms in total. The standard InChI is InChI=1S/C20H22ClN5O2S/c1-25(13-15-4-3-5-17(21)12-15)18(27)14-29-20-24-23-19(26(20)10-11-28-2)16-6-8-22-9-7-16/h3-9,12H,10-11,13-14H2,1-2H3. The number of benzene rings is 1. The van der Waals surface area contributed by atoms with Crippen molar-refractivity contribution in [1.82, 2.24) is 24.6 Å². The topological polar surface area (TPSA) is 73.1 Å². The number of halogens is 1. The van der Waals surface area contributed by atoms with Crippen LogP contribution in [0.5, 0.6) is 0 Å². The van der Waals surface area contributed by atoms with Crippen LogP contribution in [-0.2, 0) is 22.6 Å². The van der Waals surface area contributed by atoms with Gasteiger partial charge in [0.25, 0.3) is 0 Å². The molecule has 152 valence electrons. The second kappa shape index (κ2) is 10.4. The third kappa shape index (κ3) is 5.79. The van der Waals surface area contributed by atoms with Gasteiger partial charge in [-0.1, -0.05) is 35.5 Å². The van der Waals surface area contributed by atoms with Crippen molar-refractivity contribution in [2.24, 2.45) is 0 Å². The van der Waals surface area contributed by atoms with E-state index in [-0.39, 0.29) is 11.7 Å². The first-order valence-corrected chi connectivity index (χ1v) is 10.4. The number of hydrogen-bond acceptors (Lipinski definition) is 6. The second-order valence-electron chi connectivity index (χ2n) is 6.35. The maximum atomic E-state index is 12.6. The average Bonchev–Trinajstić information content (AvgIpc) is 3.13. The van der Waals surface area contributed by atoms with E-state index in [9.17, 15) is 4.79 Å². The van der Waals surface area contributed by atoms with E-state index in [4.69, 9.17) is 16.3 Å². The van der Waals surface area contributed by atoms with Crippen LogP contribution in [0.25, 0.3) is 11.4 Å². The van der Waals surface area contributed by atoms with Gasteiger partial charge in [0.1, 0.15) is 0 Å². The summed E-state index contributed by atoms with van der Waals surface area (Å²) in [6.07, 6.45) is 3.43. The monoisotopic (exact) mass is 431 g/mol. The molecular formula is C20H22ClN5O2S. The highest BCUT2D eigenvalue weighted by Gasteiger charge is 2.17. The van der Waals surface area contributed by atoms with E-state index in [0.29, 0.717) is 29.9 Å². The van der Waals surface area contributed by atoms with E-state index in [1.165, 1.54) is 11.8 Å². The molecule has 2 aromatic heterocycles. The van der Waals surface area contributed by atoms with Crippen LogP contribution in [0.15, 0.2) is 53.9 Å². The van der Waals surface area contributed by atoms with Crippen LogP contribution in [0, 0.1) is 0 Å². The van der Waals surface area contributed by atoms with Crippen molar-refractivity contribution in [2.45, 2.75) is 18.2 Å². The number of methoxy groups -OCH3 is 1. The van der Waals surface area contributed by atoms with Gasteiger partial charge in [-0.05, 0) is 29.8 Å². The Balaban J connectivity index is 1.67. The van der Waals surface area contributed by atoms with Gasteiger partial charge in [0.15, 0.2) is 11.0 Å². The molecule has 0 saturated heterocycles. The molecule has 1 amide bonds. The second-order valence-corrected chi connectivity index (χ2v) is 7.73. The number of ether oxygens (including phenoxy) is 1. The first kappa shape index (κ1) is 21.3. The molecule has 9 heteroatoms. The lowest BCUT2D eigenvalue weighted by molar-refractivity contribution is -0.127. The summed E-state index contributed by atoms with van der Waals surface area (Å²) in [6.45, 7) is 1.61. The molecule has 0 radical (unpaired) electrons. The first-order chi connectivity index (χ1) is 14.1. The average molecular weight is 432 g/mol. The van der Waals surface area contributed by atoms with Crippen LogP contribution in [0.1, 0.15) is 5.56 Å². The van der Waals surface area contributed by atoms with Gasteiger partial charge >= 0.3 is 0 Å². The summed E-state index contributed by atoms with van der Waals surface area (Å²) in [6, 6.07) is 11.3. The van der Waals surface area contributed by atoms with Gasteiger partial charge in [-0.25, -0.2) is 0 Å². The molecule has 3 rings (SSSR count). The van der Waals surface area contributed by atoms with Gasteiger partial charge in [0, 0.05) is 43.7 Å². The highest BCUT2D eigenvalue weighted by molar-refractivity contribution is 7.99. The number of aromatic nitrogens is 4. The van der Waals surface area contributed by atoms with Gasteiger partial charge in [-0.3, -0.25) is 14.3 Å². The van der Waals surface area contributed by atoms with Crippen LogP contribution in [0.2, 0.25) is 5.02 Å². The summed E-state index contributed by atoms with van der Waals surface area (Å²) >= 11 is 7.39. The predicted molar refractivity (Wildman–Crippen MR) is 114 cm³/mol. The Kier molecular flexibility index (Phi) is 7.62. The SMILES string of the molecule is COCCn1c(SCC(=O)N(C)Cc2cccc(Cl)c2)nnc1-c1ccncc1. The summed E-state index contributed by atoms with van der Waals surface area (Å²) < 4.78 is 7.18. The lowest BCUT2D eigenvalue weighted by Gasteiger charge is -2.17. The van der Waals surface area contributed by atoms with Gasteiger partial charge in [-0.2, -0.15) is 0 Å². The minimum Gasteiger partial charge on any atom is -0.383 e. The van der Waals surface area contributed by atoms with Crippen LogP contribution in [0.3, 0.4) is 0 Å². The quantitative estimate of drug-likeness (QED) is 0.483. The zero-order chi connectivity index (χ0) is 20.6. The maximum absolute atomic E-state index is 12.6. The van der Waals surface area contributed by atoms with E-state index >= 15 is 0 Å². The van der Waals surface area contributed by atoms with Crippen LogP contribution >= 0.6 is 23.4 Å². The van der Waals surface area contributed by atoms with Crippen molar-refractivity contribution in [3.05, 3.63) is 59.4 Å². The largest absolute Gasteiger partial charge is 0.383 e. The summed E-state index contributed by atoms with van der Waals surface area (Å²) in [5, 5.41) is 9.93. The molecular weight excluding hydrogens is 410 g/mol. The molecule has 0 aliphatic heterocycles. The van der Waals surface area contributed by atoms with Crippen molar-refractivity contribution < 1.29 is 9.53 Å². The number of amides is 1. The fourth-order valence-corrected chi connectivity index (χ4v) is 3.85. The number of carbonyl (C=O) groups excluding carboxylic acids is 1. The summed E-state index contributed by atoms with van der Waals surface area (Å²) in [7, 11) is 3.43. The van der Waals surface area contributed by atoms with Crippen LogP contribution < -0.4 is 0 Å². The fourth-order valence-electron chi connectivity index (χ4n) is 2.73. The molecule has 0 aliphatic carbocycles. The fraction of sp³-hybridized carbons (Fsp3) is 0.300. The van der Waals surface area contributed by atoms with E-state index in [1.807, 2.05) is 41.0 Å². The first-order valence-electron chi connectivity index (χ1n) is 9.02. The number of nitrogens with zero attached hydrogens (tertiary/aromatic N) is 5. The highest BCUT2D eigenvalue weighted by atomic mass is 35.5. The Hall–Kier alpha value is -2.42. The minimum absolute atomic E-state index is 0.00160. The molecule has 0 spiro atoms. The molecule has 0 unspecified atom stereocenters. The maximum Gasteiger partial charge on any atom is 0.233 e. The van der Waals surface area contributed by atoms with Crippen molar-refractivity contribution >= 4 is 29.3 Å². The van der Waals surface area contributed by atoms with Crippen molar-refractivity contribution in [3.8, 4) is 11.4 Å². The van der Waals surface area contributed by atoms with Gasteiger partial charge in [-0.15, -0.1) is 10.2 Å². The van der Waals surface area contributed by atoms with Crippen molar-refractivity contribution in [2.75, 3.05) is 26.5 Å². The highest BCUT2D eigenvalue weighted by Crippen LogP contribution is 2.24. The smallest absolute Gasteiger partial charge is 0.233 e. The summed E-state index contributed by atoms with van der Waals surface area (Å²) in [4.78, 5) is 18.3. The lowest BCUT2D eigenvalue weighted by Crippen LogP contribution is -2.28. The van der Waals surface area contributed by atoms with E-state index in [1.54, 1.807) is 31.5 Å². The lowest BCUT2D eigenvalue weighted by atomic mass is 10.2. The number of hydrogen-bond donors (Lipinski definition) is 0. The van der Waals surface area contributed by atoms with Gasteiger partial charge in [0.05, 0.1) is 18.9 Å². The third-order valence-corrected chi connectivity index (χ3v) is 5.42. The van der Waals surface area contributed by atoms with E-state index < -0.39 is 0 Å². The zero-order valence-corrected chi connectivity index (χ0v) is 17.9. The van der Waals surface area contributed by atoms with Crippen LogP contribution in [0.4, 0.5) is 0 Å². The summed E-state index contributed by atoms with van der Waals surface area (Å²) in [5.41, 5.74) is 1.90. The van der Waals surface area contributed by atoms with Crippen LogP contribution in [-0.4, -0.2) is 57.1 Å². The number of pyridine rings is 1. The predicted octanol–water partition coefficient (Wildman–Crippen LogP) is 3.39. The Labute approximate surface area is 179 Å². The van der Waals surface area contributed by atoms with Gasteiger partial charge < -0.3 is 9.64 Å².